The SMILES string of the molecule is NC1(CO)CCC(C(F)(F)F)C(O)C1. The van der Waals surface area contributed by atoms with E-state index in [9.17, 15) is 18.3 Å². The first-order valence-electron chi connectivity index (χ1n) is 4.43. The molecule has 6 heteroatoms. The van der Waals surface area contributed by atoms with Crippen LogP contribution in [0.2, 0.25) is 0 Å². The first-order chi connectivity index (χ1) is 6.28. The molecule has 0 aromatic rings. The fourth-order valence-electron chi connectivity index (χ4n) is 1.82. The minimum absolute atomic E-state index is 0.0880. The van der Waals surface area contributed by atoms with E-state index in [-0.39, 0.29) is 19.3 Å². The maximum atomic E-state index is 12.3. The molecular formula is C8H14F3NO2. The molecule has 3 nitrogen and oxygen atoms in total. The fraction of sp³-hybridized carbons (Fsp3) is 1.00. The van der Waals surface area contributed by atoms with Crippen LogP contribution in [-0.2, 0) is 0 Å². The van der Waals surface area contributed by atoms with Gasteiger partial charge >= 0.3 is 6.18 Å². The van der Waals surface area contributed by atoms with Crippen molar-refractivity contribution in [2.75, 3.05) is 6.61 Å². The van der Waals surface area contributed by atoms with Gasteiger partial charge in [0.15, 0.2) is 0 Å². The quantitative estimate of drug-likeness (QED) is 0.590. The Kier molecular flexibility index (Phi) is 3.08. The van der Waals surface area contributed by atoms with Crippen molar-refractivity contribution in [2.45, 2.75) is 37.1 Å². The summed E-state index contributed by atoms with van der Waals surface area (Å²) in [5.41, 5.74) is 4.52. The van der Waals surface area contributed by atoms with Gasteiger partial charge in [0.05, 0.1) is 18.6 Å². The van der Waals surface area contributed by atoms with Crippen molar-refractivity contribution in [3.63, 3.8) is 0 Å². The first-order valence-corrected chi connectivity index (χ1v) is 4.43. The van der Waals surface area contributed by atoms with Gasteiger partial charge in [-0.15, -0.1) is 0 Å². The molecule has 0 heterocycles. The van der Waals surface area contributed by atoms with Gasteiger partial charge in [-0.2, -0.15) is 13.2 Å². The van der Waals surface area contributed by atoms with Crippen LogP contribution in [-0.4, -0.2) is 34.6 Å². The van der Waals surface area contributed by atoms with E-state index >= 15 is 0 Å². The molecule has 1 aliphatic rings. The van der Waals surface area contributed by atoms with Gasteiger partial charge in [-0.3, -0.25) is 0 Å². The van der Waals surface area contributed by atoms with Gasteiger partial charge in [0.1, 0.15) is 0 Å². The molecule has 0 amide bonds. The number of rotatable bonds is 1. The van der Waals surface area contributed by atoms with Crippen molar-refractivity contribution in [3.8, 4) is 0 Å². The van der Waals surface area contributed by atoms with Crippen LogP contribution in [0, 0.1) is 5.92 Å². The molecule has 14 heavy (non-hydrogen) atoms. The molecule has 0 aromatic carbocycles. The molecule has 0 aliphatic heterocycles. The molecule has 3 unspecified atom stereocenters. The number of nitrogens with two attached hydrogens (primary N) is 1. The van der Waals surface area contributed by atoms with Gasteiger partial charge in [-0.05, 0) is 19.3 Å². The van der Waals surface area contributed by atoms with E-state index in [1.54, 1.807) is 0 Å². The van der Waals surface area contributed by atoms with Crippen molar-refractivity contribution in [2.24, 2.45) is 11.7 Å². The highest BCUT2D eigenvalue weighted by Gasteiger charge is 2.49. The topological polar surface area (TPSA) is 66.5 Å². The average Bonchev–Trinajstić information content (AvgIpc) is 2.01. The van der Waals surface area contributed by atoms with Gasteiger partial charge < -0.3 is 15.9 Å². The Balaban J connectivity index is 2.65. The van der Waals surface area contributed by atoms with Crippen molar-refractivity contribution in [1.29, 1.82) is 0 Å². The van der Waals surface area contributed by atoms with Gasteiger partial charge in [0.2, 0.25) is 0 Å². The Labute approximate surface area is 79.7 Å². The lowest BCUT2D eigenvalue weighted by molar-refractivity contribution is -0.213. The van der Waals surface area contributed by atoms with E-state index in [1.807, 2.05) is 0 Å². The van der Waals surface area contributed by atoms with Crippen LogP contribution >= 0.6 is 0 Å². The molecule has 1 rings (SSSR count). The van der Waals surface area contributed by atoms with Gasteiger partial charge in [0.25, 0.3) is 0 Å². The van der Waals surface area contributed by atoms with E-state index in [0.717, 1.165) is 0 Å². The predicted octanol–water partition coefficient (Wildman–Crippen LogP) is 0.399. The molecule has 1 aliphatic carbocycles. The second kappa shape index (κ2) is 3.67. The molecule has 0 spiro atoms. The second-order valence-corrected chi connectivity index (χ2v) is 3.98. The van der Waals surface area contributed by atoms with Crippen molar-refractivity contribution in [1.82, 2.24) is 0 Å². The highest BCUT2D eigenvalue weighted by atomic mass is 19.4. The third kappa shape index (κ3) is 2.37. The molecule has 1 saturated carbocycles. The van der Waals surface area contributed by atoms with Crippen LogP contribution < -0.4 is 5.73 Å². The lowest BCUT2D eigenvalue weighted by Crippen LogP contribution is -2.53. The van der Waals surface area contributed by atoms with E-state index < -0.39 is 30.3 Å². The highest BCUT2D eigenvalue weighted by molar-refractivity contribution is 4.95. The number of aliphatic hydroxyl groups is 2. The van der Waals surface area contributed by atoms with E-state index in [4.69, 9.17) is 10.8 Å². The second-order valence-electron chi connectivity index (χ2n) is 3.98. The zero-order valence-electron chi connectivity index (χ0n) is 7.59. The molecule has 0 bridgehead atoms. The summed E-state index contributed by atoms with van der Waals surface area (Å²) in [4.78, 5) is 0. The number of halogens is 3. The summed E-state index contributed by atoms with van der Waals surface area (Å²) >= 11 is 0. The number of hydrogen-bond acceptors (Lipinski definition) is 3. The molecular weight excluding hydrogens is 199 g/mol. The van der Waals surface area contributed by atoms with Gasteiger partial charge in [0, 0.05) is 5.54 Å². The molecule has 0 saturated heterocycles. The van der Waals surface area contributed by atoms with Crippen molar-refractivity contribution < 1.29 is 23.4 Å². The summed E-state index contributed by atoms with van der Waals surface area (Å²) in [7, 11) is 0. The minimum atomic E-state index is -4.38. The monoisotopic (exact) mass is 213 g/mol. The third-order valence-corrected chi connectivity index (χ3v) is 2.77. The Morgan fingerprint density at radius 1 is 1.43 bits per heavy atom. The normalized spacial score (nSPS) is 39.9. The molecule has 4 N–H and O–H groups in total. The lowest BCUT2D eigenvalue weighted by atomic mass is 9.75. The van der Waals surface area contributed by atoms with Crippen LogP contribution in [0.3, 0.4) is 0 Å². The van der Waals surface area contributed by atoms with E-state index in [1.165, 1.54) is 0 Å². The van der Waals surface area contributed by atoms with Crippen molar-refractivity contribution in [3.05, 3.63) is 0 Å². The summed E-state index contributed by atoms with van der Waals surface area (Å²) in [6, 6.07) is 0. The summed E-state index contributed by atoms with van der Waals surface area (Å²) in [6.07, 6.45) is -6.21. The summed E-state index contributed by atoms with van der Waals surface area (Å²) in [6.45, 7) is -0.394. The van der Waals surface area contributed by atoms with Gasteiger partial charge in [-0.25, -0.2) is 0 Å². The maximum Gasteiger partial charge on any atom is 0.394 e. The minimum Gasteiger partial charge on any atom is -0.394 e. The lowest BCUT2D eigenvalue weighted by Gasteiger charge is -2.39. The van der Waals surface area contributed by atoms with Crippen LogP contribution in [0.1, 0.15) is 19.3 Å². The van der Waals surface area contributed by atoms with Crippen molar-refractivity contribution >= 4 is 0 Å². The number of hydrogen-bond donors (Lipinski definition) is 3. The maximum absolute atomic E-state index is 12.3. The number of aliphatic hydroxyl groups excluding tert-OH is 2. The summed E-state index contributed by atoms with van der Waals surface area (Å²) in [5, 5.41) is 18.1. The predicted molar refractivity (Wildman–Crippen MR) is 43.4 cm³/mol. The summed E-state index contributed by atoms with van der Waals surface area (Å²) in [5.74, 6) is -1.70. The summed E-state index contributed by atoms with van der Waals surface area (Å²) < 4.78 is 36.9. The Morgan fingerprint density at radius 2 is 2.00 bits per heavy atom. The standard InChI is InChI=1S/C8H14F3NO2/c9-8(10,11)5-1-2-7(12,4-13)3-6(5)14/h5-6,13-14H,1-4,12H2. The Bertz CT molecular complexity index is 209. The van der Waals surface area contributed by atoms with Crippen LogP contribution in [0.4, 0.5) is 13.2 Å². The molecule has 84 valence electrons. The Hall–Kier alpha value is -0.330. The third-order valence-electron chi connectivity index (χ3n) is 2.77. The molecule has 3 atom stereocenters. The highest BCUT2D eigenvalue weighted by Crippen LogP contribution is 2.40. The largest absolute Gasteiger partial charge is 0.394 e. The van der Waals surface area contributed by atoms with Crippen LogP contribution in [0.5, 0.6) is 0 Å². The fourth-order valence-corrected chi connectivity index (χ4v) is 1.82. The van der Waals surface area contributed by atoms with E-state index in [0.29, 0.717) is 0 Å². The average molecular weight is 213 g/mol. The van der Waals surface area contributed by atoms with E-state index in [2.05, 4.69) is 0 Å². The first kappa shape index (κ1) is 11.7. The van der Waals surface area contributed by atoms with Crippen LogP contribution in [0.15, 0.2) is 0 Å². The smallest absolute Gasteiger partial charge is 0.394 e. The van der Waals surface area contributed by atoms with Crippen LogP contribution in [0.25, 0.3) is 0 Å². The number of alkyl halides is 3. The zero-order chi connectivity index (χ0) is 11.0. The van der Waals surface area contributed by atoms with Gasteiger partial charge in [-0.1, -0.05) is 0 Å². The zero-order valence-corrected chi connectivity index (χ0v) is 7.59. The Morgan fingerprint density at radius 3 is 2.36 bits per heavy atom. The molecule has 1 fully saturated rings. The molecule has 0 aromatic heterocycles. The molecule has 0 radical (unpaired) electrons.